The number of benzene rings is 1. The van der Waals surface area contributed by atoms with Gasteiger partial charge >= 0.3 is 0 Å². The Balaban J connectivity index is 1.80. The van der Waals surface area contributed by atoms with E-state index in [4.69, 9.17) is 4.99 Å². The molecule has 0 bridgehead atoms. The molecule has 1 fully saturated rings. The van der Waals surface area contributed by atoms with E-state index in [0.29, 0.717) is 11.7 Å². The first-order valence-corrected chi connectivity index (χ1v) is 10.2. The second kappa shape index (κ2) is 8.63. The summed E-state index contributed by atoms with van der Waals surface area (Å²) in [6.07, 6.45) is 4.96. The number of anilines is 1. The highest BCUT2D eigenvalue weighted by molar-refractivity contribution is 5.95. The first-order chi connectivity index (χ1) is 13.4. The van der Waals surface area contributed by atoms with E-state index in [1.54, 1.807) is 6.07 Å². The fraction of sp³-hybridized carbons (Fsp3) is 0.478. The first-order valence-electron chi connectivity index (χ1n) is 10.2. The molecule has 2 aromatic rings. The van der Waals surface area contributed by atoms with E-state index in [1.807, 2.05) is 30.5 Å². The topological polar surface area (TPSA) is 60.8 Å². The van der Waals surface area contributed by atoms with Gasteiger partial charge in [0, 0.05) is 31.4 Å². The van der Waals surface area contributed by atoms with Crippen molar-refractivity contribution in [1.82, 2.24) is 9.88 Å². The largest absolute Gasteiger partial charge is 0.506 e. The molecule has 1 aromatic heterocycles. The average molecular weight is 381 g/mol. The third-order valence-corrected chi connectivity index (χ3v) is 5.01. The summed E-state index contributed by atoms with van der Waals surface area (Å²) in [5, 5.41) is 13.8. The Morgan fingerprint density at radius 1 is 1.25 bits per heavy atom. The quantitative estimate of drug-likeness (QED) is 0.437. The van der Waals surface area contributed by atoms with Crippen LogP contribution in [0.2, 0.25) is 0 Å². The summed E-state index contributed by atoms with van der Waals surface area (Å²) in [5.74, 6) is 1.08. The summed E-state index contributed by atoms with van der Waals surface area (Å²) < 4.78 is 0. The zero-order valence-electron chi connectivity index (χ0n) is 17.4. The predicted molar refractivity (Wildman–Crippen MR) is 116 cm³/mol. The van der Waals surface area contributed by atoms with E-state index in [2.05, 4.69) is 49.0 Å². The lowest BCUT2D eigenvalue weighted by molar-refractivity contribution is 0.438. The number of likely N-dealkylation sites (N-methyl/N-ethyl adjacent to an activating group) is 1. The molecule has 2 N–H and O–H groups in total. The maximum Gasteiger partial charge on any atom is 0.198 e. The number of guanidine groups is 1. The van der Waals surface area contributed by atoms with E-state index >= 15 is 0 Å². The molecule has 0 radical (unpaired) electrons. The Morgan fingerprint density at radius 2 is 2.04 bits per heavy atom. The van der Waals surface area contributed by atoms with Crippen molar-refractivity contribution < 1.29 is 5.11 Å². The average Bonchev–Trinajstić information content (AvgIpc) is 3.48. The van der Waals surface area contributed by atoms with Gasteiger partial charge in [0.15, 0.2) is 5.96 Å². The Kier molecular flexibility index (Phi) is 6.22. The van der Waals surface area contributed by atoms with Crippen LogP contribution in [0, 0.1) is 0 Å². The molecule has 3 rings (SSSR count). The minimum absolute atomic E-state index is 0.0152. The molecular weight excluding hydrogens is 348 g/mol. The zero-order chi connectivity index (χ0) is 20.1. The van der Waals surface area contributed by atoms with E-state index in [1.165, 1.54) is 5.56 Å². The van der Waals surface area contributed by atoms with Gasteiger partial charge in [-0.05, 0) is 55.0 Å². The van der Waals surface area contributed by atoms with Crippen LogP contribution < -0.4 is 5.32 Å². The van der Waals surface area contributed by atoms with Gasteiger partial charge in [-0.2, -0.15) is 0 Å². The Labute approximate surface area is 168 Å². The van der Waals surface area contributed by atoms with Gasteiger partial charge in [-0.3, -0.25) is 4.98 Å². The number of aromatic nitrogens is 1. The smallest absolute Gasteiger partial charge is 0.198 e. The summed E-state index contributed by atoms with van der Waals surface area (Å²) in [7, 11) is 0. The fourth-order valence-corrected chi connectivity index (χ4v) is 3.00. The fourth-order valence-electron chi connectivity index (χ4n) is 3.00. The third kappa shape index (κ3) is 5.47. The van der Waals surface area contributed by atoms with E-state index in [0.717, 1.165) is 44.0 Å². The van der Waals surface area contributed by atoms with Crippen molar-refractivity contribution >= 4 is 11.6 Å². The van der Waals surface area contributed by atoms with Gasteiger partial charge in [-0.1, -0.05) is 32.9 Å². The second-order valence-corrected chi connectivity index (χ2v) is 8.44. The number of pyridine rings is 1. The van der Waals surface area contributed by atoms with Crippen LogP contribution in [0.25, 0.3) is 0 Å². The summed E-state index contributed by atoms with van der Waals surface area (Å²) >= 11 is 0. The second-order valence-electron chi connectivity index (χ2n) is 8.44. The van der Waals surface area contributed by atoms with Crippen LogP contribution in [-0.2, 0) is 11.8 Å². The Bertz CT molecular complexity index is 807. The van der Waals surface area contributed by atoms with E-state index < -0.39 is 0 Å². The summed E-state index contributed by atoms with van der Waals surface area (Å²) in [4.78, 5) is 11.6. The number of hydrogen-bond acceptors (Lipinski definition) is 3. The number of phenolic OH excluding ortho intramolecular Hbond substituents is 1. The molecule has 0 amide bonds. The molecule has 1 saturated carbocycles. The van der Waals surface area contributed by atoms with Crippen molar-refractivity contribution in [2.75, 3.05) is 18.4 Å². The van der Waals surface area contributed by atoms with Crippen molar-refractivity contribution in [2.45, 2.75) is 58.4 Å². The highest BCUT2D eigenvalue weighted by Crippen LogP contribution is 2.31. The van der Waals surface area contributed by atoms with Crippen molar-refractivity contribution in [3.63, 3.8) is 0 Å². The lowest BCUT2D eigenvalue weighted by Gasteiger charge is -2.27. The molecule has 1 heterocycles. The van der Waals surface area contributed by atoms with E-state index in [-0.39, 0.29) is 11.2 Å². The van der Waals surface area contributed by atoms with Crippen LogP contribution in [0.5, 0.6) is 5.75 Å². The molecule has 150 valence electrons. The van der Waals surface area contributed by atoms with Crippen molar-refractivity contribution in [3.8, 4) is 5.75 Å². The standard InChI is InChI=1S/C23H32N4O/c1-5-27(15-13-18-8-6-7-14-24-18)22(25-19-10-11-19)26-20-16-17(23(2,3)4)9-12-21(20)28/h6-9,12,14,16,19,28H,5,10-11,13,15H2,1-4H3,(H,25,26). The molecule has 5 heteroatoms. The van der Waals surface area contributed by atoms with Crippen LogP contribution in [0.3, 0.4) is 0 Å². The van der Waals surface area contributed by atoms with E-state index in [9.17, 15) is 5.11 Å². The van der Waals surface area contributed by atoms with Crippen LogP contribution in [-0.4, -0.2) is 40.1 Å². The van der Waals surface area contributed by atoms with Gasteiger partial charge in [0.25, 0.3) is 0 Å². The zero-order valence-corrected chi connectivity index (χ0v) is 17.4. The lowest BCUT2D eigenvalue weighted by atomic mass is 9.87. The van der Waals surface area contributed by atoms with Gasteiger partial charge in [-0.15, -0.1) is 0 Å². The normalized spacial score (nSPS) is 14.8. The molecule has 0 aliphatic heterocycles. The monoisotopic (exact) mass is 380 g/mol. The molecule has 28 heavy (non-hydrogen) atoms. The number of nitrogens with zero attached hydrogens (tertiary/aromatic N) is 3. The van der Waals surface area contributed by atoms with Crippen molar-refractivity contribution in [3.05, 3.63) is 53.9 Å². The number of aromatic hydroxyl groups is 1. The maximum atomic E-state index is 10.4. The number of hydrogen-bond donors (Lipinski definition) is 2. The third-order valence-electron chi connectivity index (χ3n) is 5.01. The number of phenols is 1. The van der Waals surface area contributed by atoms with Crippen LogP contribution in [0.1, 0.15) is 51.8 Å². The van der Waals surface area contributed by atoms with Gasteiger partial charge in [-0.25, -0.2) is 4.99 Å². The molecule has 0 spiro atoms. The van der Waals surface area contributed by atoms with Crippen LogP contribution >= 0.6 is 0 Å². The molecule has 1 aromatic carbocycles. The molecule has 0 atom stereocenters. The molecular formula is C23H32N4O. The van der Waals surface area contributed by atoms with Crippen LogP contribution in [0.15, 0.2) is 47.6 Å². The highest BCUT2D eigenvalue weighted by Gasteiger charge is 2.24. The highest BCUT2D eigenvalue weighted by atomic mass is 16.3. The van der Waals surface area contributed by atoms with Gasteiger partial charge < -0.3 is 15.3 Å². The molecule has 5 nitrogen and oxygen atoms in total. The van der Waals surface area contributed by atoms with Gasteiger partial charge in [0.05, 0.1) is 11.7 Å². The summed E-state index contributed by atoms with van der Waals surface area (Å²) in [6, 6.07) is 12.2. The molecule has 1 aliphatic rings. The van der Waals surface area contributed by atoms with Crippen molar-refractivity contribution in [1.29, 1.82) is 0 Å². The maximum absolute atomic E-state index is 10.4. The molecule has 0 saturated heterocycles. The number of nitrogens with one attached hydrogen (secondary N) is 1. The molecule has 1 aliphatic carbocycles. The minimum Gasteiger partial charge on any atom is -0.506 e. The van der Waals surface area contributed by atoms with Gasteiger partial charge in [0.1, 0.15) is 5.75 Å². The summed E-state index contributed by atoms with van der Waals surface area (Å²) in [6.45, 7) is 10.3. The predicted octanol–water partition coefficient (Wildman–Crippen LogP) is 4.58. The SMILES string of the molecule is CCN(CCc1ccccn1)C(=NC1CC1)Nc1cc(C(C)(C)C)ccc1O. The van der Waals surface area contributed by atoms with Crippen LogP contribution in [0.4, 0.5) is 5.69 Å². The lowest BCUT2D eigenvalue weighted by Crippen LogP contribution is -2.38. The van der Waals surface area contributed by atoms with Crippen molar-refractivity contribution in [2.24, 2.45) is 4.99 Å². The number of aliphatic imine (C=N–C) groups is 1. The minimum atomic E-state index is 0.0152. The van der Waals surface area contributed by atoms with Gasteiger partial charge in [0.2, 0.25) is 0 Å². The number of rotatable bonds is 6. The Hall–Kier alpha value is -2.56. The first kappa shape index (κ1) is 20.2. The molecule has 0 unspecified atom stereocenters. The summed E-state index contributed by atoms with van der Waals surface area (Å²) in [5.41, 5.74) is 2.98. The Morgan fingerprint density at radius 3 is 2.64 bits per heavy atom.